The summed E-state index contributed by atoms with van der Waals surface area (Å²) in [5, 5.41) is 3.65. The molecule has 0 unspecified atom stereocenters. The predicted molar refractivity (Wildman–Crippen MR) is 166 cm³/mol. The molecule has 3 nitrogen and oxygen atoms in total. The van der Waals surface area contributed by atoms with Gasteiger partial charge < -0.3 is 15.1 Å². The summed E-state index contributed by atoms with van der Waals surface area (Å²) in [6.45, 7) is 0. The molecule has 0 fully saturated rings. The fraction of sp³-hybridized carbons (Fsp3) is 0. The molecular formula is C36H29N3. The van der Waals surface area contributed by atoms with Gasteiger partial charge in [0.05, 0.1) is 11.4 Å². The smallest absolute Gasteiger partial charge is 0.0503 e. The minimum Gasteiger partial charge on any atom is -0.355 e. The molecule has 0 radical (unpaired) electrons. The molecule has 6 rings (SSSR count). The van der Waals surface area contributed by atoms with E-state index in [4.69, 9.17) is 0 Å². The highest BCUT2D eigenvalue weighted by atomic mass is 15.2. The van der Waals surface area contributed by atoms with Crippen LogP contribution in [0.15, 0.2) is 170 Å². The van der Waals surface area contributed by atoms with Gasteiger partial charge in [0, 0.05) is 34.1 Å². The lowest BCUT2D eigenvalue weighted by molar-refractivity contribution is 1.25. The maximum absolute atomic E-state index is 3.65. The molecule has 0 spiro atoms. The summed E-state index contributed by atoms with van der Waals surface area (Å²) in [6, 6.07) is 59.1. The highest BCUT2D eigenvalue weighted by Crippen LogP contribution is 2.42. The summed E-state index contributed by atoms with van der Waals surface area (Å²) in [5.41, 5.74) is 8.53. The zero-order valence-electron chi connectivity index (χ0n) is 21.6. The molecule has 0 bridgehead atoms. The molecular weight excluding hydrogens is 474 g/mol. The molecule has 0 saturated carbocycles. The van der Waals surface area contributed by atoms with Crippen LogP contribution < -0.4 is 15.1 Å². The van der Waals surface area contributed by atoms with Gasteiger partial charge in [-0.15, -0.1) is 0 Å². The van der Waals surface area contributed by atoms with Gasteiger partial charge in [0.1, 0.15) is 0 Å². The van der Waals surface area contributed by atoms with Crippen LogP contribution in [0.2, 0.25) is 0 Å². The van der Waals surface area contributed by atoms with E-state index < -0.39 is 0 Å². The van der Waals surface area contributed by atoms with Crippen molar-refractivity contribution in [1.82, 2.24) is 0 Å². The maximum atomic E-state index is 3.65. The Hall–Kier alpha value is -5.28. The van der Waals surface area contributed by atoms with Gasteiger partial charge in [0.2, 0.25) is 0 Å². The van der Waals surface area contributed by atoms with E-state index in [2.05, 4.69) is 167 Å². The van der Waals surface area contributed by atoms with Crippen LogP contribution in [0, 0.1) is 0 Å². The Balaban J connectivity index is 1.57. The average Bonchev–Trinajstić information content (AvgIpc) is 3.00. The molecule has 0 amide bonds. The number of anilines is 8. The number of nitrogens with zero attached hydrogens (tertiary/aromatic N) is 2. The number of hydrogen-bond acceptors (Lipinski definition) is 3. The van der Waals surface area contributed by atoms with E-state index in [-0.39, 0.29) is 0 Å². The first-order valence-electron chi connectivity index (χ1n) is 13.1. The number of nitrogens with one attached hydrogen (secondary N) is 1. The van der Waals surface area contributed by atoms with Gasteiger partial charge in [-0.3, -0.25) is 0 Å². The minimum atomic E-state index is 1.00. The van der Waals surface area contributed by atoms with Gasteiger partial charge >= 0.3 is 0 Å². The Morgan fingerprint density at radius 1 is 0.282 bits per heavy atom. The van der Waals surface area contributed by atoms with E-state index in [1.165, 1.54) is 0 Å². The van der Waals surface area contributed by atoms with Crippen molar-refractivity contribution in [2.45, 2.75) is 0 Å². The van der Waals surface area contributed by atoms with Crippen LogP contribution in [0.3, 0.4) is 0 Å². The van der Waals surface area contributed by atoms with E-state index in [0.717, 1.165) is 45.5 Å². The molecule has 188 valence electrons. The molecule has 0 aliphatic rings. The number of hydrogen-bond donors (Lipinski definition) is 1. The van der Waals surface area contributed by atoms with Crippen LogP contribution in [0.5, 0.6) is 0 Å². The van der Waals surface area contributed by atoms with Crippen LogP contribution in [0.4, 0.5) is 45.5 Å². The van der Waals surface area contributed by atoms with E-state index in [1.807, 2.05) is 18.2 Å². The summed E-state index contributed by atoms with van der Waals surface area (Å²) < 4.78 is 0. The Morgan fingerprint density at radius 3 is 0.923 bits per heavy atom. The zero-order valence-corrected chi connectivity index (χ0v) is 21.6. The van der Waals surface area contributed by atoms with Crippen molar-refractivity contribution in [2.75, 3.05) is 15.1 Å². The predicted octanol–water partition coefficient (Wildman–Crippen LogP) is 10.4. The van der Waals surface area contributed by atoms with E-state index in [1.54, 1.807) is 0 Å². The second-order valence-corrected chi connectivity index (χ2v) is 9.24. The second-order valence-electron chi connectivity index (χ2n) is 9.24. The lowest BCUT2D eigenvalue weighted by Gasteiger charge is -2.30. The minimum absolute atomic E-state index is 1.00. The summed E-state index contributed by atoms with van der Waals surface area (Å²) in [7, 11) is 0. The molecule has 1 N–H and O–H groups in total. The first-order valence-corrected chi connectivity index (χ1v) is 13.1. The number of rotatable bonds is 8. The molecule has 3 heteroatoms. The molecule has 0 heterocycles. The maximum Gasteiger partial charge on any atom is 0.0503 e. The van der Waals surface area contributed by atoms with Gasteiger partial charge in [-0.1, -0.05) is 91.0 Å². The van der Waals surface area contributed by atoms with Crippen molar-refractivity contribution >= 4 is 45.5 Å². The highest BCUT2D eigenvalue weighted by Gasteiger charge is 2.18. The Labute approximate surface area is 230 Å². The van der Waals surface area contributed by atoms with Crippen LogP contribution in [0.25, 0.3) is 0 Å². The SMILES string of the molecule is c1ccc(Nc2cc(N(c3ccccc3)c3ccccc3)cc(N(c3ccccc3)c3ccccc3)c2)cc1. The first kappa shape index (κ1) is 24.1. The largest absolute Gasteiger partial charge is 0.355 e. The topological polar surface area (TPSA) is 18.5 Å². The Bertz CT molecular complexity index is 1420. The van der Waals surface area contributed by atoms with Crippen molar-refractivity contribution in [3.63, 3.8) is 0 Å². The Kier molecular flexibility index (Phi) is 7.04. The molecule has 6 aromatic carbocycles. The molecule has 0 aliphatic heterocycles. The normalized spacial score (nSPS) is 10.6. The van der Waals surface area contributed by atoms with Crippen molar-refractivity contribution < 1.29 is 0 Å². The van der Waals surface area contributed by atoms with Gasteiger partial charge in [0.25, 0.3) is 0 Å². The lowest BCUT2D eigenvalue weighted by atomic mass is 10.1. The summed E-state index contributed by atoms with van der Waals surface area (Å²) in [6.07, 6.45) is 0. The van der Waals surface area contributed by atoms with Crippen molar-refractivity contribution in [3.8, 4) is 0 Å². The van der Waals surface area contributed by atoms with Crippen LogP contribution >= 0.6 is 0 Å². The van der Waals surface area contributed by atoms with Gasteiger partial charge in [-0.2, -0.15) is 0 Å². The Morgan fingerprint density at radius 2 is 0.590 bits per heavy atom. The monoisotopic (exact) mass is 503 g/mol. The van der Waals surface area contributed by atoms with Crippen LogP contribution in [-0.2, 0) is 0 Å². The molecule has 6 aromatic rings. The zero-order chi connectivity index (χ0) is 26.3. The first-order chi connectivity index (χ1) is 19.3. The van der Waals surface area contributed by atoms with E-state index >= 15 is 0 Å². The van der Waals surface area contributed by atoms with Crippen molar-refractivity contribution in [1.29, 1.82) is 0 Å². The number of benzene rings is 6. The lowest BCUT2D eigenvalue weighted by Crippen LogP contribution is -2.13. The van der Waals surface area contributed by atoms with Gasteiger partial charge in [-0.05, 0) is 78.9 Å². The van der Waals surface area contributed by atoms with Crippen molar-refractivity contribution in [2.24, 2.45) is 0 Å². The van der Waals surface area contributed by atoms with Crippen LogP contribution in [-0.4, -0.2) is 0 Å². The van der Waals surface area contributed by atoms with Crippen molar-refractivity contribution in [3.05, 3.63) is 170 Å². The fourth-order valence-corrected chi connectivity index (χ4v) is 4.82. The number of para-hydroxylation sites is 5. The summed E-state index contributed by atoms with van der Waals surface area (Å²) in [5.74, 6) is 0. The third-order valence-electron chi connectivity index (χ3n) is 6.54. The standard InChI is InChI=1S/C36H29N3/c1-6-16-29(17-7-1)37-30-26-35(38(31-18-8-2-9-19-31)32-20-10-3-11-21-32)28-36(27-30)39(33-22-12-4-13-23-33)34-24-14-5-15-25-34/h1-28,37H. The third-order valence-corrected chi connectivity index (χ3v) is 6.54. The fourth-order valence-electron chi connectivity index (χ4n) is 4.82. The molecule has 0 atom stereocenters. The summed E-state index contributed by atoms with van der Waals surface area (Å²) >= 11 is 0. The molecule has 0 aromatic heterocycles. The summed E-state index contributed by atoms with van der Waals surface area (Å²) in [4.78, 5) is 4.60. The van der Waals surface area contributed by atoms with E-state index in [0.29, 0.717) is 0 Å². The molecule has 0 saturated heterocycles. The third kappa shape index (κ3) is 5.53. The average molecular weight is 504 g/mol. The van der Waals surface area contributed by atoms with E-state index in [9.17, 15) is 0 Å². The molecule has 39 heavy (non-hydrogen) atoms. The van der Waals surface area contributed by atoms with Gasteiger partial charge in [0.15, 0.2) is 0 Å². The second kappa shape index (κ2) is 11.4. The van der Waals surface area contributed by atoms with Gasteiger partial charge in [-0.25, -0.2) is 0 Å². The highest BCUT2D eigenvalue weighted by molar-refractivity contribution is 5.86. The van der Waals surface area contributed by atoms with Crippen LogP contribution in [0.1, 0.15) is 0 Å². The molecule has 0 aliphatic carbocycles. The quantitative estimate of drug-likeness (QED) is 0.223.